The van der Waals surface area contributed by atoms with Crippen LogP contribution in [0, 0.1) is 18.6 Å². The van der Waals surface area contributed by atoms with Crippen LogP contribution in [0.25, 0.3) is 11.0 Å². The maximum absolute atomic E-state index is 14.7. The number of ketones is 1. The van der Waals surface area contributed by atoms with Gasteiger partial charge < -0.3 is 0 Å². The largest absolute Gasteiger partial charge is 0.294 e. The van der Waals surface area contributed by atoms with Gasteiger partial charge in [-0.05, 0) is 37.1 Å². The molecule has 0 unspecified atom stereocenters. The zero-order chi connectivity index (χ0) is 20.5. The van der Waals surface area contributed by atoms with Gasteiger partial charge in [0.15, 0.2) is 17.2 Å². The minimum Gasteiger partial charge on any atom is -0.294 e. The molecule has 0 aliphatic rings. The van der Waals surface area contributed by atoms with E-state index in [2.05, 4.69) is 19.9 Å². The fraction of sp³-hybridized carbons (Fsp3) is 0.278. The van der Waals surface area contributed by atoms with Crippen LogP contribution in [0.15, 0.2) is 24.4 Å². The molecular formula is C18H18F2N4O3S. The molecular weight excluding hydrogens is 390 g/mol. The Bertz CT molecular complexity index is 1160. The third-order valence-corrected chi connectivity index (χ3v) is 5.61. The first-order valence-electron chi connectivity index (χ1n) is 8.53. The van der Waals surface area contributed by atoms with Crippen molar-refractivity contribution >= 4 is 32.5 Å². The first-order chi connectivity index (χ1) is 13.2. The lowest BCUT2D eigenvalue weighted by atomic mass is 10.0. The number of nitrogens with zero attached hydrogens (tertiary/aromatic N) is 2. The summed E-state index contributed by atoms with van der Waals surface area (Å²) >= 11 is 0. The van der Waals surface area contributed by atoms with E-state index in [1.807, 2.05) is 0 Å². The minimum absolute atomic E-state index is 0.219. The number of H-pyrrole nitrogens is 1. The summed E-state index contributed by atoms with van der Waals surface area (Å²) in [7, 11) is -3.79. The summed E-state index contributed by atoms with van der Waals surface area (Å²) in [6.07, 6.45) is 1.43. The van der Waals surface area contributed by atoms with Gasteiger partial charge in [0.2, 0.25) is 10.0 Å². The van der Waals surface area contributed by atoms with Crippen molar-refractivity contribution in [2.75, 3.05) is 10.5 Å². The molecule has 0 saturated heterocycles. The van der Waals surface area contributed by atoms with Crippen LogP contribution in [0.3, 0.4) is 0 Å². The highest BCUT2D eigenvalue weighted by molar-refractivity contribution is 7.92. The van der Waals surface area contributed by atoms with Gasteiger partial charge in [0.05, 0.1) is 17.0 Å². The standard InChI is InChI=1S/C18H18F2N4O3S/c1-3-6-28(26,27)24-14-5-4-13(19)16(17(14)20)15(25)8-11-7-12-10(2)22-23-18(12)21-9-11/h4-5,7,9,24H,3,6,8H2,1-2H3,(H,21,22,23). The van der Waals surface area contributed by atoms with Crippen LogP contribution in [0.2, 0.25) is 0 Å². The lowest BCUT2D eigenvalue weighted by Gasteiger charge is -2.11. The van der Waals surface area contributed by atoms with Crippen LogP contribution in [-0.4, -0.2) is 35.1 Å². The van der Waals surface area contributed by atoms with Crippen molar-refractivity contribution < 1.29 is 22.0 Å². The third-order valence-electron chi connectivity index (χ3n) is 4.13. The number of carbonyl (C=O) groups is 1. The number of anilines is 1. The Morgan fingerprint density at radius 2 is 2.04 bits per heavy atom. The molecule has 0 amide bonds. The number of carbonyl (C=O) groups excluding carboxylic acids is 1. The summed E-state index contributed by atoms with van der Waals surface area (Å²) in [6.45, 7) is 3.44. The van der Waals surface area contributed by atoms with Gasteiger partial charge in [0.1, 0.15) is 5.82 Å². The minimum atomic E-state index is -3.79. The fourth-order valence-electron chi connectivity index (χ4n) is 2.81. The molecule has 0 atom stereocenters. The lowest BCUT2D eigenvalue weighted by Crippen LogP contribution is -2.19. The van der Waals surface area contributed by atoms with E-state index in [-0.39, 0.29) is 12.2 Å². The Balaban J connectivity index is 1.92. The van der Waals surface area contributed by atoms with Gasteiger partial charge in [-0.1, -0.05) is 6.92 Å². The summed E-state index contributed by atoms with van der Waals surface area (Å²) < 4.78 is 54.7. The number of rotatable bonds is 7. The predicted molar refractivity (Wildman–Crippen MR) is 101 cm³/mol. The zero-order valence-corrected chi connectivity index (χ0v) is 16.0. The number of Topliss-reactive ketones (excluding diaryl/α,β-unsaturated/α-hetero) is 1. The molecule has 28 heavy (non-hydrogen) atoms. The summed E-state index contributed by atoms with van der Waals surface area (Å²) in [5, 5.41) is 7.44. The van der Waals surface area contributed by atoms with Crippen molar-refractivity contribution in [3.8, 4) is 0 Å². The number of sulfonamides is 1. The summed E-state index contributed by atoms with van der Waals surface area (Å²) in [5.74, 6) is -3.34. The molecule has 0 spiro atoms. The van der Waals surface area contributed by atoms with E-state index in [4.69, 9.17) is 0 Å². The van der Waals surface area contributed by atoms with Crippen molar-refractivity contribution in [2.45, 2.75) is 26.7 Å². The summed E-state index contributed by atoms with van der Waals surface area (Å²) in [6, 6.07) is 3.49. The molecule has 0 aliphatic carbocycles. The Morgan fingerprint density at radius 1 is 1.29 bits per heavy atom. The quantitative estimate of drug-likeness (QED) is 0.585. The molecule has 2 N–H and O–H groups in total. The number of pyridine rings is 1. The molecule has 0 bridgehead atoms. The van der Waals surface area contributed by atoms with Crippen molar-refractivity contribution in [3.63, 3.8) is 0 Å². The highest BCUT2D eigenvalue weighted by Crippen LogP contribution is 2.24. The zero-order valence-electron chi connectivity index (χ0n) is 15.2. The average molecular weight is 408 g/mol. The number of fused-ring (bicyclic) bond motifs is 1. The van der Waals surface area contributed by atoms with E-state index in [1.54, 1.807) is 19.9 Å². The lowest BCUT2D eigenvalue weighted by molar-refractivity contribution is 0.0985. The molecule has 0 radical (unpaired) electrons. The molecule has 7 nitrogen and oxygen atoms in total. The van der Waals surface area contributed by atoms with Crippen molar-refractivity contribution in [3.05, 3.63) is 52.9 Å². The third kappa shape index (κ3) is 4.01. The van der Waals surface area contributed by atoms with Crippen LogP contribution in [0.1, 0.15) is 35.0 Å². The smallest absolute Gasteiger partial charge is 0.232 e. The van der Waals surface area contributed by atoms with Gasteiger partial charge in [-0.3, -0.25) is 14.6 Å². The summed E-state index contributed by atoms with van der Waals surface area (Å²) in [5.41, 5.74) is 0.427. The van der Waals surface area contributed by atoms with E-state index in [9.17, 15) is 22.0 Å². The molecule has 1 aromatic carbocycles. The number of aryl methyl sites for hydroxylation is 1. The number of benzene rings is 1. The van der Waals surface area contributed by atoms with E-state index < -0.39 is 38.7 Å². The van der Waals surface area contributed by atoms with E-state index >= 15 is 0 Å². The predicted octanol–water partition coefficient (Wildman–Crippen LogP) is 3.12. The SMILES string of the molecule is CCCS(=O)(=O)Nc1ccc(F)c(C(=O)Cc2cnc3n[nH]c(C)c3c2)c1F. The monoisotopic (exact) mass is 408 g/mol. The fourth-order valence-corrected chi connectivity index (χ4v) is 3.94. The van der Waals surface area contributed by atoms with Gasteiger partial charge in [0, 0.05) is 23.7 Å². The van der Waals surface area contributed by atoms with Crippen molar-refractivity contribution in [1.29, 1.82) is 0 Å². The number of hydrogen-bond donors (Lipinski definition) is 2. The second kappa shape index (κ2) is 7.63. The van der Waals surface area contributed by atoms with Gasteiger partial charge in [-0.15, -0.1) is 0 Å². The highest BCUT2D eigenvalue weighted by atomic mass is 32.2. The summed E-state index contributed by atoms with van der Waals surface area (Å²) in [4.78, 5) is 16.7. The van der Waals surface area contributed by atoms with Gasteiger partial charge in [0.25, 0.3) is 0 Å². The van der Waals surface area contributed by atoms with Gasteiger partial charge in [-0.25, -0.2) is 22.2 Å². The topological polar surface area (TPSA) is 105 Å². The molecule has 148 valence electrons. The first kappa shape index (κ1) is 19.9. The highest BCUT2D eigenvalue weighted by Gasteiger charge is 2.23. The van der Waals surface area contributed by atoms with E-state index in [0.717, 1.165) is 17.8 Å². The molecule has 0 aliphatic heterocycles. The molecule has 2 aromatic heterocycles. The van der Waals surface area contributed by atoms with Crippen LogP contribution in [0.5, 0.6) is 0 Å². The second-order valence-electron chi connectivity index (χ2n) is 6.37. The maximum Gasteiger partial charge on any atom is 0.232 e. The normalized spacial score (nSPS) is 11.7. The maximum atomic E-state index is 14.7. The molecule has 0 saturated carbocycles. The van der Waals surface area contributed by atoms with Crippen LogP contribution >= 0.6 is 0 Å². The van der Waals surface area contributed by atoms with E-state index in [1.165, 1.54) is 6.20 Å². The van der Waals surface area contributed by atoms with E-state index in [0.29, 0.717) is 23.0 Å². The second-order valence-corrected chi connectivity index (χ2v) is 8.21. The Labute approximate surface area is 160 Å². The Kier molecular flexibility index (Phi) is 5.41. The molecule has 3 aromatic rings. The number of aromatic nitrogens is 3. The van der Waals surface area contributed by atoms with Crippen molar-refractivity contribution in [1.82, 2.24) is 15.2 Å². The number of halogens is 2. The van der Waals surface area contributed by atoms with Crippen molar-refractivity contribution in [2.24, 2.45) is 0 Å². The molecule has 2 heterocycles. The Hall–Kier alpha value is -2.88. The van der Waals surface area contributed by atoms with Crippen LogP contribution in [-0.2, 0) is 16.4 Å². The molecule has 3 rings (SSSR count). The number of aromatic amines is 1. The van der Waals surface area contributed by atoms with Gasteiger partial charge in [-0.2, -0.15) is 5.10 Å². The number of nitrogens with one attached hydrogen (secondary N) is 2. The molecule has 0 fully saturated rings. The average Bonchev–Trinajstić information content (AvgIpc) is 2.98. The number of hydrogen-bond acceptors (Lipinski definition) is 5. The molecule has 10 heteroatoms. The Morgan fingerprint density at radius 3 is 2.75 bits per heavy atom. The van der Waals surface area contributed by atoms with Crippen LogP contribution in [0.4, 0.5) is 14.5 Å². The van der Waals surface area contributed by atoms with Crippen LogP contribution < -0.4 is 4.72 Å². The first-order valence-corrected chi connectivity index (χ1v) is 10.2. The van der Waals surface area contributed by atoms with Gasteiger partial charge >= 0.3 is 0 Å².